The molecule has 2 heterocycles. The Hall–Kier alpha value is -1.91. The second kappa shape index (κ2) is 4.08. The second-order valence-corrected chi connectivity index (χ2v) is 4.31. The minimum Gasteiger partial charge on any atom is -0.369 e. The zero-order chi connectivity index (χ0) is 12.7. The Morgan fingerprint density at radius 3 is 2.61 bits per heavy atom. The van der Waals surface area contributed by atoms with Crippen molar-refractivity contribution in [3.05, 3.63) is 58.9 Å². The van der Waals surface area contributed by atoms with Crippen LogP contribution in [0.4, 0.5) is 5.69 Å². The fourth-order valence-electron chi connectivity index (χ4n) is 2.10. The van der Waals surface area contributed by atoms with Gasteiger partial charge < -0.3 is 5.11 Å². The highest BCUT2D eigenvalue weighted by molar-refractivity contribution is 6.31. The molecule has 2 aromatic rings. The van der Waals surface area contributed by atoms with Crippen molar-refractivity contribution in [2.24, 2.45) is 0 Å². The van der Waals surface area contributed by atoms with Crippen LogP contribution in [-0.2, 0) is 0 Å². The van der Waals surface area contributed by atoms with Crippen molar-refractivity contribution in [1.82, 2.24) is 4.98 Å². The summed E-state index contributed by atoms with van der Waals surface area (Å²) in [5.74, 6) is -0.270. The molecule has 0 radical (unpaired) electrons. The van der Waals surface area contributed by atoms with E-state index in [1.807, 2.05) is 6.07 Å². The molecule has 1 unspecified atom stereocenters. The molecule has 1 amide bonds. The van der Waals surface area contributed by atoms with Crippen molar-refractivity contribution in [3.63, 3.8) is 0 Å². The quantitative estimate of drug-likeness (QED) is 0.801. The van der Waals surface area contributed by atoms with Gasteiger partial charge in [0.15, 0.2) is 6.23 Å². The lowest BCUT2D eigenvalue weighted by molar-refractivity contribution is 0.0935. The van der Waals surface area contributed by atoms with Gasteiger partial charge in [0.05, 0.1) is 11.1 Å². The van der Waals surface area contributed by atoms with Crippen LogP contribution in [0.1, 0.15) is 22.1 Å². The van der Waals surface area contributed by atoms with Gasteiger partial charge in [0.25, 0.3) is 5.91 Å². The molecule has 1 atom stereocenters. The monoisotopic (exact) mass is 260 g/mol. The Bertz CT molecular complexity index is 616. The Morgan fingerprint density at radius 1 is 1.22 bits per heavy atom. The number of hydrogen-bond acceptors (Lipinski definition) is 3. The van der Waals surface area contributed by atoms with E-state index in [4.69, 9.17) is 11.6 Å². The van der Waals surface area contributed by atoms with E-state index in [1.165, 1.54) is 11.1 Å². The van der Waals surface area contributed by atoms with Crippen LogP contribution in [0, 0.1) is 0 Å². The van der Waals surface area contributed by atoms with Gasteiger partial charge in [-0.15, -0.1) is 0 Å². The van der Waals surface area contributed by atoms with Crippen LogP contribution in [0.15, 0.2) is 42.6 Å². The van der Waals surface area contributed by atoms with E-state index in [9.17, 15) is 9.90 Å². The highest BCUT2D eigenvalue weighted by Crippen LogP contribution is 2.38. The minimum atomic E-state index is -1.09. The summed E-state index contributed by atoms with van der Waals surface area (Å²) in [6.07, 6.45) is 0.372. The number of anilines is 1. The van der Waals surface area contributed by atoms with Crippen LogP contribution in [0.3, 0.4) is 0 Å². The van der Waals surface area contributed by atoms with Crippen molar-refractivity contribution in [3.8, 4) is 0 Å². The molecule has 0 spiro atoms. The molecule has 3 rings (SSSR count). The third-order valence-electron chi connectivity index (χ3n) is 2.93. The summed E-state index contributed by atoms with van der Waals surface area (Å²) in [7, 11) is 0. The predicted molar refractivity (Wildman–Crippen MR) is 67.5 cm³/mol. The summed E-state index contributed by atoms with van der Waals surface area (Å²) >= 11 is 5.93. The first-order valence-corrected chi connectivity index (χ1v) is 5.79. The smallest absolute Gasteiger partial charge is 0.261 e. The molecule has 0 saturated heterocycles. The molecule has 0 fully saturated rings. The van der Waals surface area contributed by atoms with Gasteiger partial charge in [0.2, 0.25) is 0 Å². The highest BCUT2D eigenvalue weighted by atomic mass is 35.5. The fraction of sp³-hybridized carbons (Fsp3) is 0.0769. The maximum Gasteiger partial charge on any atom is 0.261 e. The van der Waals surface area contributed by atoms with E-state index in [1.54, 1.807) is 30.3 Å². The number of aliphatic hydroxyl groups excluding tert-OH is 1. The van der Waals surface area contributed by atoms with Crippen LogP contribution < -0.4 is 4.90 Å². The second-order valence-electron chi connectivity index (χ2n) is 3.95. The number of halogens is 1. The van der Waals surface area contributed by atoms with Crippen LogP contribution >= 0.6 is 11.6 Å². The van der Waals surface area contributed by atoms with Gasteiger partial charge in [-0.05, 0) is 18.2 Å². The summed E-state index contributed by atoms with van der Waals surface area (Å²) in [6, 6.07) is 10.5. The van der Waals surface area contributed by atoms with Gasteiger partial charge in [0.1, 0.15) is 5.15 Å². The molecule has 4 nitrogen and oxygen atoms in total. The van der Waals surface area contributed by atoms with Crippen molar-refractivity contribution >= 4 is 23.2 Å². The Kier molecular flexibility index (Phi) is 2.54. The summed E-state index contributed by atoms with van der Waals surface area (Å²) in [6.45, 7) is 0. The number of pyridine rings is 1. The maximum atomic E-state index is 12.2. The van der Waals surface area contributed by atoms with Crippen LogP contribution in [-0.4, -0.2) is 16.0 Å². The number of aromatic nitrogens is 1. The SMILES string of the molecule is O=C1c2ccnc(Cl)c2C(O)N1c1ccccc1. The standard InChI is InChI=1S/C13H9ClN2O2/c14-11-10-9(6-7-15-11)12(17)16(13(10)18)8-4-2-1-3-5-8/h1-7,13,18H. The largest absolute Gasteiger partial charge is 0.369 e. The molecule has 18 heavy (non-hydrogen) atoms. The number of carbonyl (C=O) groups is 1. The van der Waals surface area contributed by atoms with E-state index in [2.05, 4.69) is 4.98 Å². The number of rotatable bonds is 1. The van der Waals surface area contributed by atoms with E-state index >= 15 is 0 Å². The minimum absolute atomic E-state index is 0.159. The summed E-state index contributed by atoms with van der Waals surface area (Å²) < 4.78 is 0. The third-order valence-corrected chi connectivity index (χ3v) is 3.23. The number of aliphatic hydroxyl groups is 1. The number of hydrogen-bond donors (Lipinski definition) is 1. The van der Waals surface area contributed by atoms with Crippen LogP contribution in [0.2, 0.25) is 5.15 Å². The van der Waals surface area contributed by atoms with Crippen LogP contribution in [0.25, 0.3) is 0 Å². The fourth-order valence-corrected chi connectivity index (χ4v) is 2.35. The van der Waals surface area contributed by atoms with Gasteiger partial charge in [-0.3, -0.25) is 9.69 Å². The molecule has 0 bridgehead atoms. The zero-order valence-corrected chi connectivity index (χ0v) is 10.0. The first-order chi connectivity index (χ1) is 8.70. The molecule has 90 valence electrons. The molecule has 5 heteroatoms. The molecule has 1 aliphatic heterocycles. The van der Waals surface area contributed by atoms with Crippen molar-refractivity contribution in [2.75, 3.05) is 4.90 Å². The summed E-state index contributed by atoms with van der Waals surface area (Å²) in [4.78, 5) is 17.4. The molecule has 0 aliphatic carbocycles. The number of carbonyl (C=O) groups excluding carboxylic acids is 1. The number of fused-ring (bicyclic) bond motifs is 1. The molecular weight excluding hydrogens is 252 g/mol. The lowest BCUT2D eigenvalue weighted by atomic mass is 10.2. The molecule has 1 N–H and O–H groups in total. The summed E-state index contributed by atoms with van der Waals surface area (Å²) in [5.41, 5.74) is 1.39. The molecular formula is C13H9ClN2O2. The van der Waals surface area contributed by atoms with Crippen molar-refractivity contribution in [2.45, 2.75) is 6.23 Å². The Morgan fingerprint density at radius 2 is 1.94 bits per heavy atom. The van der Waals surface area contributed by atoms with E-state index < -0.39 is 6.23 Å². The number of nitrogens with zero attached hydrogens (tertiary/aromatic N) is 2. The van der Waals surface area contributed by atoms with Crippen LogP contribution in [0.5, 0.6) is 0 Å². The number of benzene rings is 1. The maximum absolute atomic E-state index is 12.2. The topological polar surface area (TPSA) is 53.4 Å². The molecule has 1 aromatic heterocycles. The number of amides is 1. The van der Waals surface area contributed by atoms with Gasteiger partial charge in [-0.25, -0.2) is 4.98 Å². The van der Waals surface area contributed by atoms with E-state index in [-0.39, 0.29) is 11.1 Å². The van der Waals surface area contributed by atoms with Gasteiger partial charge in [-0.2, -0.15) is 0 Å². The van der Waals surface area contributed by atoms with Gasteiger partial charge in [-0.1, -0.05) is 29.8 Å². The Balaban J connectivity index is 2.13. The normalized spacial score (nSPS) is 18.0. The average Bonchev–Trinajstić information content (AvgIpc) is 2.64. The first kappa shape index (κ1) is 11.2. The first-order valence-electron chi connectivity index (χ1n) is 5.41. The van der Waals surface area contributed by atoms with Gasteiger partial charge >= 0.3 is 0 Å². The molecule has 0 saturated carbocycles. The van der Waals surface area contributed by atoms with Crippen molar-refractivity contribution in [1.29, 1.82) is 0 Å². The number of para-hydroxylation sites is 1. The highest BCUT2D eigenvalue weighted by Gasteiger charge is 2.38. The predicted octanol–water partition coefficient (Wildman–Crippen LogP) is 2.39. The van der Waals surface area contributed by atoms with Crippen molar-refractivity contribution < 1.29 is 9.90 Å². The zero-order valence-electron chi connectivity index (χ0n) is 9.25. The van der Waals surface area contributed by atoms with Gasteiger partial charge in [0, 0.05) is 11.9 Å². The molecule has 1 aliphatic rings. The third kappa shape index (κ3) is 1.50. The Labute approximate surface area is 108 Å². The molecule has 1 aromatic carbocycles. The average molecular weight is 261 g/mol. The summed E-state index contributed by atoms with van der Waals surface area (Å²) in [5, 5.41) is 10.4. The van der Waals surface area contributed by atoms with E-state index in [0.717, 1.165) is 0 Å². The lowest BCUT2D eigenvalue weighted by Gasteiger charge is -2.20. The lowest BCUT2D eigenvalue weighted by Crippen LogP contribution is -2.27. The van der Waals surface area contributed by atoms with E-state index in [0.29, 0.717) is 16.8 Å².